The first-order chi connectivity index (χ1) is 60.8. The summed E-state index contributed by atoms with van der Waals surface area (Å²) in [6, 6.07) is 2.80. The number of ether oxygens (including phenoxy) is 18. The Morgan fingerprint density at radius 1 is 0.568 bits per heavy atom. The minimum atomic E-state index is -1.87. The summed E-state index contributed by atoms with van der Waals surface area (Å²) in [6.45, 7) is 40.7. The first-order valence-electron chi connectivity index (χ1n) is 47.0. The molecular formula is C96H169AcN7O28. The van der Waals surface area contributed by atoms with Crippen LogP contribution in [0.5, 0.6) is 11.5 Å². The van der Waals surface area contributed by atoms with E-state index < -0.39 is 210 Å². The summed E-state index contributed by atoms with van der Waals surface area (Å²) in [5, 5.41) is 73.8. The van der Waals surface area contributed by atoms with Gasteiger partial charge in [-0.2, -0.15) is 0 Å². The number of aliphatic hydroxyl groups excluding tert-OH is 4. The molecule has 36 heteroatoms. The van der Waals surface area contributed by atoms with Crippen molar-refractivity contribution in [2.75, 3.05) is 90.5 Å². The number of fused-ring (bicyclic) bond motifs is 1. The summed E-state index contributed by atoms with van der Waals surface area (Å²) in [6.07, 6.45) is -12.1. The van der Waals surface area contributed by atoms with Crippen molar-refractivity contribution in [1.29, 1.82) is 0 Å². The minimum absolute atomic E-state index is 0. The molecule has 35 unspecified atom stereocenters. The molecule has 132 heavy (non-hydrogen) atoms. The monoisotopic (exact) mass is 2100 g/mol. The zero-order valence-electron chi connectivity index (χ0n) is 84.1. The van der Waals surface area contributed by atoms with Crippen molar-refractivity contribution >= 4 is 24.1 Å². The van der Waals surface area contributed by atoms with Crippen LogP contribution in [0.1, 0.15) is 215 Å². The van der Waals surface area contributed by atoms with Crippen molar-refractivity contribution in [2.45, 2.75) is 392 Å². The zero-order valence-corrected chi connectivity index (χ0v) is 88.9. The fourth-order valence-electron chi connectivity index (χ4n) is 21.4. The summed E-state index contributed by atoms with van der Waals surface area (Å²) in [5.41, 5.74) is 1.10. The van der Waals surface area contributed by atoms with Gasteiger partial charge < -0.3 is 137 Å². The van der Waals surface area contributed by atoms with E-state index in [1.165, 1.54) is 56.9 Å². The second-order valence-electron chi connectivity index (χ2n) is 40.3. The Balaban J connectivity index is 0.000000407. The van der Waals surface area contributed by atoms with E-state index in [0.29, 0.717) is 56.8 Å². The summed E-state index contributed by atoms with van der Waals surface area (Å²) < 4.78 is 115. The number of benzene rings is 1. The van der Waals surface area contributed by atoms with Crippen LogP contribution in [0.4, 0.5) is 9.59 Å². The number of imidazole rings is 1. The van der Waals surface area contributed by atoms with Crippen LogP contribution in [0.3, 0.4) is 0 Å². The maximum absolute atomic E-state index is 14.6. The van der Waals surface area contributed by atoms with Gasteiger partial charge in [-0.05, 0) is 192 Å². The number of rotatable bonds is 23. The van der Waals surface area contributed by atoms with Gasteiger partial charge >= 0.3 is 24.1 Å². The Hall–Kier alpha value is -3.73. The third kappa shape index (κ3) is 26.9. The number of carbonyl (C=O) groups is 4. The van der Waals surface area contributed by atoms with Crippen molar-refractivity contribution in [1.82, 2.24) is 29.6 Å². The number of amides is 1. The Bertz CT molecular complexity index is 3880. The molecular weight excluding hydrogens is 1930 g/mol. The normalized spacial score (nSPS) is 42.5. The van der Waals surface area contributed by atoms with E-state index in [-0.39, 0.29) is 119 Å². The second kappa shape index (κ2) is 49.6. The van der Waals surface area contributed by atoms with E-state index in [0.717, 1.165) is 18.5 Å². The van der Waals surface area contributed by atoms with Gasteiger partial charge in [-0.15, -0.1) is 0 Å². The molecule has 759 valence electrons. The molecule has 1 amide bonds. The molecule has 9 N–H and O–H groups in total. The number of cyclic esters (lactones) is 2. The number of esters is 2. The number of carbonyl (C=O) groups excluding carboxylic acids is 4. The number of methoxy groups -OCH3 is 6. The van der Waals surface area contributed by atoms with Gasteiger partial charge in [0.05, 0.1) is 98.3 Å². The summed E-state index contributed by atoms with van der Waals surface area (Å²) in [5.74, 6) is -4.96. The molecule has 6 fully saturated rings. The first-order valence-corrected chi connectivity index (χ1v) is 47.0. The smallest absolute Gasteiger partial charge is 0.419 e. The van der Waals surface area contributed by atoms with Gasteiger partial charge in [0, 0.05) is 165 Å². The molecule has 1 aromatic carbocycles. The molecule has 7 aliphatic heterocycles. The molecule has 38 atom stereocenters. The van der Waals surface area contributed by atoms with Crippen LogP contribution >= 0.6 is 0 Å². The van der Waals surface area contributed by atoms with E-state index in [1.807, 2.05) is 120 Å². The molecule has 35 nitrogen and oxygen atoms in total. The molecule has 0 spiro atoms. The van der Waals surface area contributed by atoms with Gasteiger partial charge in [0.25, 0.3) is 0 Å². The molecule has 8 heterocycles. The quantitative estimate of drug-likeness (QED) is 0.0380. The van der Waals surface area contributed by atoms with Crippen molar-refractivity contribution in [3.05, 3.63) is 42.0 Å². The SMILES string of the molecule is C.CC[C@H]1OC(=O)C(C)C(OC2CC(C)(OC)C(OC(=O)NCCN3CCc4ccc(OC)c(OC)c4C3)C(C)O2)C(C)C(OC2OC(C)CC(N(C)C)C2O)C(C)(OC)CC(C)C(N)C(C)C(O)C1(C)O.CC[C@H]1OC(=O)C(C)C(OC2CC(C)(OC)C(OC(=O)n3ccnc3)C(C)O2)C(C)C(OC2OC(C)CC(N(C)C)C2O)C(C)(OC)CC(C)[C@H](C)C(C)C(O)C1(C)O.[Ac]. The summed E-state index contributed by atoms with van der Waals surface area (Å²) in [4.78, 5) is 65.7. The van der Waals surface area contributed by atoms with E-state index >= 15 is 0 Å². The largest absolute Gasteiger partial charge is 0.493 e. The van der Waals surface area contributed by atoms with Crippen LogP contribution in [0.2, 0.25) is 0 Å². The molecule has 9 rings (SSSR count). The molecule has 1 radical (unpaired) electrons. The molecule has 0 aliphatic carbocycles. The first kappa shape index (κ1) is 117. The van der Waals surface area contributed by atoms with Crippen LogP contribution in [0, 0.1) is 97.3 Å². The van der Waals surface area contributed by atoms with Gasteiger partial charge in [-0.25, -0.2) is 19.1 Å². The summed E-state index contributed by atoms with van der Waals surface area (Å²) in [7, 11) is 17.1. The van der Waals surface area contributed by atoms with Crippen molar-refractivity contribution in [3.8, 4) is 11.5 Å². The average Bonchev–Trinajstić information content (AvgIpc) is 0.768. The Morgan fingerprint density at radius 3 is 1.41 bits per heavy atom. The van der Waals surface area contributed by atoms with Gasteiger partial charge in [0.2, 0.25) is 0 Å². The minimum Gasteiger partial charge on any atom is -0.493 e. The third-order valence-electron chi connectivity index (χ3n) is 30.4. The van der Waals surface area contributed by atoms with Gasteiger partial charge in [0.15, 0.2) is 48.9 Å². The van der Waals surface area contributed by atoms with Crippen LogP contribution in [0.25, 0.3) is 0 Å². The van der Waals surface area contributed by atoms with Crippen molar-refractivity contribution < 1.29 is 179 Å². The van der Waals surface area contributed by atoms with Gasteiger partial charge in [-0.3, -0.25) is 14.5 Å². The van der Waals surface area contributed by atoms with Crippen LogP contribution < -0.4 is 20.5 Å². The number of aromatic nitrogens is 2. The number of nitrogens with one attached hydrogen (secondary N) is 1. The predicted octanol–water partition coefficient (Wildman–Crippen LogP) is 9.04. The van der Waals surface area contributed by atoms with Crippen molar-refractivity contribution in [3.63, 3.8) is 0 Å². The third-order valence-corrected chi connectivity index (χ3v) is 30.4. The molecule has 0 bridgehead atoms. The standard InChI is InChI=1S/C52H90N4O15.C43H75N3O13.CH4.Ac/c1-17-38-52(10,61)44(58)30(4)40(53)28(2)25-50(8,64-15)45(70-48-41(57)36(55(11)12)24-29(3)66-48)31(5)42(32(6)47(59)68-38)69-39-26-51(9,65-16)46(33(7)67-39)71-49(60)54-21-23-56-22-20-34-18-19-37(62-13)43(63-14)35(34)27-56;1-16-31-43(11,51)35(48)26(5)25(4)23(2)20-41(9,52-14)36(58-39-33(47)30(45(12)13)19-24(3)54-39)27(6)34(28(7)38(49)56-31)57-32-21-42(10,53-15)37(29(8)55-32)59-40(50)46-18-17-44-22-46;;/h18-19,28-33,36,38-42,44-46,48,57-58,61H,17,20-27,53H2,1-16H3,(H,54,60);17-18,22-37,39,47-48,51H,16,19-21H2,1-15H3;1H4;/t28?,29?,30?,31?,32?,33?,36?,38-,39?,40?,41?,42?,44?,45?,46?,48?,50?,51?,52?;23?,24?,25-,26?,27?,28?,29?,30?,31+,32?,33?,34?,35?,36?,37?,39?,41?,42?,43?;;/m10../s1. The van der Waals surface area contributed by atoms with E-state index in [2.05, 4.69) is 28.2 Å². The van der Waals surface area contributed by atoms with Crippen LogP contribution in [-0.4, -0.2) is 344 Å². The Labute approximate surface area is 822 Å². The fraction of sp³-hybridized carbons (Fsp3) is 0.865. The maximum Gasteiger partial charge on any atom is 0.419 e. The summed E-state index contributed by atoms with van der Waals surface area (Å²) >= 11 is 0. The average molecular weight is 2100 g/mol. The van der Waals surface area contributed by atoms with Gasteiger partial charge in [0.1, 0.15) is 53.1 Å². The molecule has 7 aliphatic rings. The Kier molecular flexibility index (Phi) is 44.0. The number of hydrogen-bond donors (Lipinski definition) is 8. The van der Waals surface area contributed by atoms with Crippen LogP contribution in [-0.2, 0) is 98.3 Å². The van der Waals surface area contributed by atoms with E-state index in [9.17, 15) is 49.8 Å². The molecule has 0 saturated carbocycles. The number of nitrogens with two attached hydrogens (primary N) is 1. The maximum atomic E-state index is 14.6. The van der Waals surface area contributed by atoms with Crippen molar-refractivity contribution in [2.24, 2.45) is 59.0 Å². The number of hydrogen-bond acceptors (Lipinski definition) is 33. The zero-order chi connectivity index (χ0) is 97.3. The fourth-order valence-corrected chi connectivity index (χ4v) is 21.4. The number of alkyl carbamates (subject to hydrolysis) is 1. The Morgan fingerprint density at radius 2 is 1.00 bits per heavy atom. The van der Waals surface area contributed by atoms with Gasteiger partial charge in [-0.1, -0.05) is 75.8 Å². The van der Waals surface area contributed by atoms with Crippen LogP contribution in [0.15, 0.2) is 30.9 Å². The van der Waals surface area contributed by atoms with E-state index in [4.69, 9.17) is 91.0 Å². The molecule has 2 aromatic rings. The number of likely N-dealkylation sites (N-methyl/N-ethyl adjacent to an activating group) is 2. The van der Waals surface area contributed by atoms with E-state index in [1.54, 1.807) is 76.9 Å². The molecule has 1 aromatic heterocycles. The topological polar surface area (TPSA) is 421 Å². The number of aliphatic hydroxyl groups is 6. The number of nitrogens with zero attached hydrogens (tertiary/aromatic N) is 5. The predicted molar refractivity (Wildman–Crippen MR) is 489 cm³/mol. The second-order valence-corrected chi connectivity index (χ2v) is 40.3. The molecule has 6 saturated heterocycles.